The molecule has 5 aromatic carbocycles. The molecule has 17 aromatic rings. The molecule has 0 spiro atoms. The van der Waals surface area contributed by atoms with Crippen molar-refractivity contribution in [2.45, 2.75) is 40.8 Å². The minimum atomic E-state index is -0.421. The van der Waals surface area contributed by atoms with Gasteiger partial charge in [-0.15, -0.1) is 0 Å². The molecular formula is C92H86Cl5N29O15. The molecule has 0 radical (unpaired) electrons. The summed E-state index contributed by atoms with van der Waals surface area (Å²) in [7, 11) is 7.49. The molecule has 17 rings (SSSR count). The minimum Gasteiger partial charge on any atom is -0.478 e. The number of aryl methyl sites for hydroxylation is 4. The number of benzene rings is 5. The number of H-pyrrole nitrogens is 3. The van der Waals surface area contributed by atoms with Crippen molar-refractivity contribution in [2.75, 3.05) is 94.9 Å². The lowest BCUT2D eigenvalue weighted by molar-refractivity contribution is -0.123. The van der Waals surface area contributed by atoms with Gasteiger partial charge in [0, 0.05) is 145 Å². The summed E-state index contributed by atoms with van der Waals surface area (Å²) < 4.78 is 32.9. The molecule has 44 nitrogen and oxygen atoms in total. The number of hydrogen-bond donors (Lipinski definition) is 13. The van der Waals surface area contributed by atoms with E-state index in [0.29, 0.717) is 124 Å². The molecule has 0 atom stereocenters. The number of halogens is 5. The number of anilines is 10. The summed E-state index contributed by atoms with van der Waals surface area (Å²) in [6.45, 7) is 7.00. The van der Waals surface area contributed by atoms with Crippen molar-refractivity contribution in [2.24, 2.45) is 0 Å². The zero-order valence-corrected chi connectivity index (χ0v) is 79.9. The number of nitrogens with zero attached hydrogens (tertiary/aromatic N) is 16. The molecule has 0 aliphatic heterocycles. The Morgan fingerprint density at radius 2 is 0.638 bits per heavy atom. The highest BCUT2D eigenvalue weighted by molar-refractivity contribution is 6.34. The first-order valence-electron chi connectivity index (χ1n) is 42.4. The quantitative estimate of drug-likeness (QED) is 0.0207. The van der Waals surface area contributed by atoms with Gasteiger partial charge in [-0.1, -0.05) is 58.0 Å². The fourth-order valence-electron chi connectivity index (χ4n) is 13.0. The molecule has 141 heavy (non-hydrogen) atoms. The molecule has 0 fully saturated rings. The number of pyridine rings is 5. The lowest BCUT2D eigenvalue weighted by Crippen LogP contribution is -2.28. The van der Waals surface area contributed by atoms with Crippen LogP contribution in [0.1, 0.15) is 25.5 Å². The first-order valence-corrected chi connectivity index (χ1v) is 44.2. The smallest absolute Gasteiger partial charge is 0.293 e. The molecule has 0 bridgehead atoms. The van der Waals surface area contributed by atoms with Gasteiger partial charge in [0.25, 0.3) is 69.2 Å². The topological polar surface area (TPSA) is 559 Å². The monoisotopic (exact) mass is 2010 g/mol. The molecule has 724 valence electrons. The zero-order valence-electron chi connectivity index (χ0n) is 76.1. The van der Waals surface area contributed by atoms with E-state index >= 15 is 0 Å². The highest BCUT2D eigenvalue weighted by atomic mass is 35.5. The van der Waals surface area contributed by atoms with E-state index in [1.165, 1.54) is 81.9 Å². The number of hydrogen-bond acceptors (Lipinski definition) is 32. The Hall–Kier alpha value is -17.2. The first kappa shape index (κ1) is 101. The van der Waals surface area contributed by atoms with Crippen LogP contribution in [0, 0.1) is 13.8 Å². The Morgan fingerprint density at radius 3 is 0.950 bits per heavy atom. The van der Waals surface area contributed by atoms with Crippen molar-refractivity contribution in [3.05, 3.63) is 284 Å². The number of ether oxygens (including phenoxy) is 5. The number of aromatic nitrogens is 19. The lowest BCUT2D eigenvalue weighted by Gasteiger charge is -2.14. The van der Waals surface area contributed by atoms with Gasteiger partial charge in [0.05, 0.1) is 42.0 Å². The van der Waals surface area contributed by atoms with Crippen LogP contribution in [0.5, 0.6) is 28.7 Å². The number of aromatic amines is 3. The second-order valence-corrected chi connectivity index (χ2v) is 31.5. The van der Waals surface area contributed by atoms with E-state index < -0.39 is 16.7 Å². The molecule has 49 heteroatoms. The molecule has 0 saturated heterocycles. The van der Waals surface area contributed by atoms with Crippen LogP contribution in [-0.4, -0.2) is 191 Å². The number of carbonyl (C=O) groups excluding carboxylic acids is 5. The average molecular weight is 2020 g/mol. The number of amides is 5. The second kappa shape index (κ2) is 47.5. The largest absolute Gasteiger partial charge is 0.478 e. The summed E-state index contributed by atoms with van der Waals surface area (Å²) >= 11 is 30.8. The lowest BCUT2D eigenvalue weighted by atomic mass is 10.1. The van der Waals surface area contributed by atoms with Gasteiger partial charge < -0.3 is 101 Å². The highest BCUT2D eigenvalue weighted by Crippen LogP contribution is 2.34. The van der Waals surface area contributed by atoms with Crippen LogP contribution in [0.25, 0.3) is 66.4 Å². The SMILES string of the molecule is CCn1c(=O)c(OCC(=O)NC)cc2cc(Nc3nc(-n4cccn4)ncc3Cl)ccc21.CCn1c(=O)c(OCC(=O)NC)cc2cc(Nc3nc(C)ncc3Cl)ccc21.CNC(=O)COc1cc2cc(Nc3nc(-n4cccn4)ncc3Cl)ccc2[nH]c1=O.CNC(=O)COc1cc2cc(Nc3nc(C)ncc3Cl)ccc2[nH]c1=O.CNC(=O)COc1cc2cc(Nc3ncncc3Cl)ccc2[nH]c1=O. The maximum absolute atomic E-state index is 12.7. The van der Waals surface area contributed by atoms with Crippen molar-refractivity contribution in [1.82, 2.24) is 120 Å². The second-order valence-electron chi connectivity index (χ2n) is 29.5. The summed E-state index contributed by atoms with van der Waals surface area (Å²) in [6.07, 6.45) is 15.6. The fraction of sp³-hybridized carbons (Fsp3) is 0.174. The van der Waals surface area contributed by atoms with Gasteiger partial charge in [-0.3, -0.25) is 47.9 Å². The third kappa shape index (κ3) is 26.5. The van der Waals surface area contributed by atoms with E-state index in [1.54, 1.807) is 139 Å². The standard InChI is InChI=1S/C21H20ClN7O3.C19H16ClN7O3.C19H20ClN5O3.C17H16ClN5O3.C16H14ClN5O3/c1-3-28-16-6-5-14(9-13(16)10-17(20(28)31)32-12-18(30)23-2)26-19-15(22)11-24-21(27-19)29-8-4-7-25-29;1-21-16(28)10-30-15-8-11-7-12(3-4-14(11)25-18(15)29)24-17-13(20)9-22-19(26-17)27-6-2-5-23-27;1-4-25-15-6-5-13(24-18-14(20)9-22-11(2)23-18)7-12(15)8-16(19(25)27)28-10-17(26)21-3;1-9-20-7-12(18)16(21-9)22-11-3-4-13-10(5-11)6-14(17(25)23-13)26-8-15(24)19-2;1-18-14(23)7-25-13-5-9-4-10(2-3-12(9)22-16(13)24)21-15-11(17)6-19-8-20-15/h4-11H,3,12H2,1-2H3,(H,23,30)(H,24,26,27);2-9H,10H2,1H3,(H,21,28)(H,25,29)(H,22,24,26);5-9H,4,10H2,1-3H3,(H,21,26)(H,22,23,24);3-7H,8H2,1-2H3,(H,19,24)(H,23,25)(H,20,21,22);2-6,8H,7H2,1H3,(H,18,23)(H,22,24)(H,19,20,21). The summed E-state index contributed by atoms with van der Waals surface area (Å²) in [5, 5.41) is 41.6. The maximum Gasteiger partial charge on any atom is 0.293 e. The van der Waals surface area contributed by atoms with E-state index in [4.69, 9.17) is 81.7 Å². The van der Waals surface area contributed by atoms with E-state index in [1.807, 2.05) is 56.3 Å². The third-order valence-corrected chi connectivity index (χ3v) is 21.3. The van der Waals surface area contributed by atoms with Gasteiger partial charge in [0.15, 0.2) is 90.9 Å². The van der Waals surface area contributed by atoms with Crippen LogP contribution in [0.3, 0.4) is 0 Å². The Balaban J connectivity index is 0.000000149. The zero-order chi connectivity index (χ0) is 101. The number of likely N-dealkylation sites (N-methyl/N-ethyl adjacent to an activating group) is 5. The Labute approximate surface area is 822 Å². The normalized spacial score (nSPS) is 10.7. The molecule has 0 saturated carbocycles. The maximum atomic E-state index is 12.7. The van der Waals surface area contributed by atoms with Crippen molar-refractivity contribution in [3.8, 4) is 40.6 Å². The molecule has 12 aromatic heterocycles. The van der Waals surface area contributed by atoms with Gasteiger partial charge in [0.2, 0.25) is 0 Å². The van der Waals surface area contributed by atoms with Crippen molar-refractivity contribution in [1.29, 1.82) is 0 Å². The van der Waals surface area contributed by atoms with Gasteiger partial charge >= 0.3 is 0 Å². The summed E-state index contributed by atoms with van der Waals surface area (Å²) in [5.74, 6) is 2.93. The molecule has 12 heterocycles. The third-order valence-electron chi connectivity index (χ3n) is 20.0. The number of rotatable bonds is 29. The van der Waals surface area contributed by atoms with Crippen LogP contribution < -0.4 is 105 Å². The molecule has 0 aliphatic carbocycles. The Kier molecular flexibility index (Phi) is 34.1. The van der Waals surface area contributed by atoms with Crippen molar-refractivity contribution < 1.29 is 47.7 Å². The van der Waals surface area contributed by atoms with Crippen LogP contribution in [-0.2, 0) is 37.1 Å². The van der Waals surface area contributed by atoms with Gasteiger partial charge in [0.1, 0.15) is 43.1 Å². The van der Waals surface area contributed by atoms with Gasteiger partial charge in [-0.25, -0.2) is 49.2 Å². The Bertz CT molecular complexity index is 7830. The van der Waals surface area contributed by atoms with Crippen LogP contribution >= 0.6 is 58.0 Å². The summed E-state index contributed by atoms with van der Waals surface area (Å²) in [4.78, 5) is 168. The Morgan fingerprint density at radius 1 is 0.348 bits per heavy atom. The van der Waals surface area contributed by atoms with Gasteiger partial charge in [-0.2, -0.15) is 20.2 Å². The van der Waals surface area contributed by atoms with Crippen molar-refractivity contribution in [3.63, 3.8) is 0 Å². The first-order chi connectivity index (χ1) is 68.0. The molecule has 5 amide bonds. The van der Waals surface area contributed by atoms with E-state index in [0.717, 1.165) is 49.6 Å². The molecule has 0 aliphatic rings. The van der Waals surface area contributed by atoms with Crippen LogP contribution in [0.2, 0.25) is 25.1 Å². The van der Waals surface area contributed by atoms with Crippen LogP contribution in [0.4, 0.5) is 57.5 Å². The summed E-state index contributed by atoms with van der Waals surface area (Å²) in [5.41, 5.74) is 5.13. The number of fused-ring (bicyclic) bond motifs is 5. The van der Waals surface area contributed by atoms with E-state index in [9.17, 15) is 47.9 Å². The molecule has 0 unspecified atom stereocenters. The van der Waals surface area contributed by atoms with Gasteiger partial charge in [-0.05, 0) is 161 Å². The fourth-order valence-corrected chi connectivity index (χ4v) is 13.7. The number of carbonyl (C=O) groups is 5. The van der Waals surface area contributed by atoms with Crippen molar-refractivity contribution >= 4 is 200 Å². The summed E-state index contributed by atoms with van der Waals surface area (Å²) in [6, 6.07) is 38.5. The predicted octanol–water partition coefficient (Wildman–Crippen LogP) is 11.2. The molecular weight excluding hydrogens is 1930 g/mol. The highest BCUT2D eigenvalue weighted by Gasteiger charge is 2.20. The molecule has 13 N–H and O–H groups in total. The minimum absolute atomic E-state index is 0.0456. The van der Waals surface area contributed by atoms with Crippen LogP contribution in [0.15, 0.2) is 220 Å². The van der Waals surface area contributed by atoms with E-state index in [-0.39, 0.29) is 102 Å². The van der Waals surface area contributed by atoms with E-state index in [2.05, 4.69) is 128 Å². The average Bonchev–Trinajstić information content (AvgIpc) is 0.877. The predicted molar refractivity (Wildman–Crippen MR) is 535 cm³/mol. The number of nitrogens with one attached hydrogen (secondary N) is 13.